The second kappa shape index (κ2) is 4.96. The lowest BCUT2D eigenvalue weighted by Gasteiger charge is -2.01. The van der Waals surface area contributed by atoms with Crippen LogP contribution in [-0.4, -0.2) is 30.5 Å². The normalized spacial score (nSPS) is 9.21. The Kier molecular flexibility index (Phi) is 3.60. The number of Topliss-reactive ketones (excluding diaryl/α,β-unsaturated/α-hetero) is 1. The van der Waals surface area contributed by atoms with Gasteiger partial charge in [0.15, 0.2) is 5.78 Å². The van der Waals surface area contributed by atoms with Gasteiger partial charge in [0.05, 0.1) is 13.7 Å². The molecule has 0 spiro atoms. The van der Waals surface area contributed by atoms with E-state index in [9.17, 15) is 9.59 Å². The maximum Gasteiger partial charge on any atom is 0.407 e. The second-order valence-electron chi connectivity index (χ2n) is 2.48. The molecule has 1 heterocycles. The van der Waals surface area contributed by atoms with Crippen LogP contribution in [0.1, 0.15) is 10.5 Å². The second-order valence-corrected chi connectivity index (χ2v) is 2.48. The van der Waals surface area contributed by atoms with Crippen molar-refractivity contribution in [3.05, 3.63) is 30.1 Å². The zero-order valence-electron chi connectivity index (χ0n) is 7.69. The fraction of sp³-hybridized carbons (Fsp3) is 0.222. The number of carbonyl (C=O) groups is 2. The largest absolute Gasteiger partial charge is 0.453 e. The van der Waals surface area contributed by atoms with Crippen molar-refractivity contribution in [1.29, 1.82) is 0 Å². The smallest absolute Gasteiger partial charge is 0.407 e. The Morgan fingerprint density at radius 3 is 2.86 bits per heavy atom. The number of rotatable bonds is 3. The summed E-state index contributed by atoms with van der Waals surface area (Å²) in [6.07, 6.45) is 0.889. The van der Waals surface area contributed by atoms with Crippen LogP contribution in [0.2, 0.25) is 0 Å². The lowest BCUT2D eigenvalue weighted by atomic mass is 10.2. The van der Waals surface area contributed by atoms with Crippen LogP contribution < -0.4 is 5.32 Å². The molecule has 14 heavy (non-hydrogen) atoms. The molecule has 0 saturated carbocycles. The first-order valence-electron chi connectivity index (χ1n) is 4.00. The number of nitrogens with one attached hydrogen (secondary N) is 1. The van der Waals surface area contributed by atoms with E-state index in [0.717, 1.165) is 0 Å². The van der Waals surface area contributed by atoms with Gasteiger partial charge in [-0.1, -0.05) is 6.07 Å². The third-order valence-corrected chi connectivity index (χ3v) is 1.53. The van der Waals surface area contributed by atoms with Gasteiger partial charge in [-0.15, -0.1) is 0 Å². The van der Waals surface area contributed by atoms with Crippen molar-refractivity contribution in [3.8, 4) is 0 Å². The first-order valence-corrected chi connectivity index (χ1v) is 4.00. The van der Waals surface area contributed by atoms with Crippen molar-refractivity contribution >= 4 is 11.9 Å². The van der Waals surface area contributed by atoms with Crippen LogP contribution in [0.5, 0.6) is 0 Å². The Morgan fingerprint density at radius 1 is 1.50 bits per heavy atom. The van der Waals surface area contributed by atoms with Crippen LogP contribution in [0.4, 0.5) is 4.79 Å². The van der Waals surface area contributed by atoms with Crippen LogP contribution >= 0.6 is 0 Å². The van der Waals surface area contributed by atoms with Crippen molar-refractivity contribution in [3.63, 3.8) is 0 Å². The zero-order valence-corrected chi connectivity index (χ0v) is 7.69. The zero-order chi connectivity index (χ0) is 10.4. The Balaban J connectivity index is 2.48. The number of carbonyl (C=O) groups excluding carboxylic acids is 2. The molecule has 0 unspecified atom stereocenters. The van der Waals surface area contributed by atoms with Crippen molar-refractivity contribution in [2.45, 2.75) is 0 Å². The summed E-state index contributed by atoms with van der Waals surface area (Å²) >= 11 is 0. The minimum absolute atomic E-state index is 0.107. The summed E-state index contributed by atoms with van der Waals surface area (Å²) in [5.41, 5.74) is 0.323. The van der Waals surface area contributed by atoms with Crippen LogP contribution in [0.3, 0.4) is 0 Å². The van der Waals surface area contributed by atoms with Crippen LogP contribution in [0.15, 0.2) is 24.4 Å². The van der Waals surface area contributed by atoms with E-state index in [2.05, 4.69) is 15.0 Å². The number of hydrogen-bond donors (Lipinski definition) is 1. The highest BCUT2D eigenvalue weighted by atomic mass is 16.5. The molecule has 1 aromatic heterocycles. The first-order chi connectivity index (χ1) is 6.74. The minimum atomic E-state index is -0.630. The maximum atomic E-state index is 11.3. The van der Waals surface area contributed by atoms with E-state index >= 15 is 0 Å². The molecular formula is C9H10N2O3. The fourth-order valence-corrected chi connectivity index (χ4v) is 0.843. The van der Waals surface area contributed by atoms with Gasteiger partial charge >= 0.3 is 6.09 Å². The van der Waals surface area contributed by atoms with Crippen molar-refractivity contribution in [2.75, 3.05) is 13.7 Å². The molecule has 1 rings (SSSR count). The van der Waals surface area contributed by atoms with Gasteiger partial charge in [0.1, 0.15) is 5.69 Å². The highest BCUT2D eigenvalue weighted by Gasteiger charge is 2.07. The molecule has 0 bridgehead atoms. The summed E-state index contributed by atoms with van der Waals surface area (Å²) < 4.78 is 4.31. The summed E-state index contributed by atoms with van der Waals surface area (Å²) in [6, 6.07) is 5.00. The van der Waals surface area contributed by atoms with E-state index in [4.69, 9.17) is 0 Å². The molecule has 5 nitrogen and oxygen atoms in total. The molecule has 0 radical (unpaired) electrons. The monoisotopic (exact) mass is 194 g/mol. The predicted octanol–water partition coefficient (Wildman–Crippen LogP) is 0.620. The van der Waals surface area contributed by atoms with Gasteiger partial charge in [-0.2, -0.15) is 0 Å². The lowest BCUT2D eigenvalue weighted by molar-refractivity contribution is 0.0979. The molecule has 0 aromatic carbocycles. The topological polar surface area (TPSA) is 68.3 Å². The number of ketones is 1. The average Bonchev–Trinajstić information content (AvgIpc) is 2.26. The molecule has 0 saturated heterocycles. The van der Waals surface area contributed by atoms with E-state index in [1.165, 1.54) is 13.3 Å². The number of aromatic nitrogens is 1. The van der Waals surface area contributed by atoms with E-state index < -0.39 is 6.09 Å². The van der Waals surface area contributed by atoms with Gasteiger partial charge in [-0.25, -0.2) is 4.79 Å². The van der Waals surface area contributed by atoms with E-state index in [0.29, 0.717) is 5.69 Å². The van der Waals surface area contributed by atoms with Gasteiger partial charge in [0, 0.05) is 6.20 Å². The minimum Gasteiger partial charge on any atom is -0.453 e. The first kappa shape index (κ1) is 10.2. The quantitative estimate of drug-likeness (QED) is 0.716. The molecule has 0 aliphatic carbocycles. The van der Waals surface area contributed by atoms with Crippen molar-refractivity contribution < 1.29 is 14.3 Å². The molecule has 0 fully saturated rings. The van der Waals surface area contributed by atoms with Gasteiger partial charge in [0.2, 0.25) is 0 Å². The number of pyridine rings is 1. The van der Waals surface area contributed by atoms with E-state index in [1.807, 2.05) is 0 Å². The molecule has 1 amide bonds. The van der Waals surface area contributed by atoms with Crippen molar-refractivity contribution in [1.82, 2.24) is 10.3 Å². The molecular weight excluding hydrogens is 184 g/mol. The summed E-state index contributed by atoms with van der Waals surface area (Å²) in [7, 11) is 1.24. The van der Waals surface area contributed by atoms with Crippen molar-refractivity contribution in [2.24, 2.45) is 0 Å². The fourth-order valence-electron chi connectivity index (χ4n) is 0.843. The molecule has 1 N–H and O–H groups in total. The Hall–Kier alpha value is -1.91. The average molecular weight is 194 g/mol. The molecule has 0 aliphatic heterocycles. The van der Waals surface area contributed by atoms with Crippen LogP contribution in [0, 0.1) is 0 Å². The number of ether oxygens (including phenoxy) is 1. The molecule has 5 heteroatoms. The maximum absolute atomic E-state index is 11.3. The summed E-state index contributed by atoms with van der Waals surface area (Å²) in [4.78, 5) is 25.8. The van der Waals surface area contributed by atoms with E-state index in [1.54, 1.807) is 18.2 Å². The lowest BCUT2D eigenvalue weighted by Crippen LogP contribution is -2.29. The van der Waals surface area contributed by atoms with Crippen LogP contribution in [-0.2, 0) is 4.74 Å². The van der Waals surface area contributed by atoms with E-state index in [-0.39, 0.29) is 12.3 Å². The Labute approximate surface area is 81.1 Å². The highest BCUT2D eigenvalue weighted by Crippen LogP contribution is 1.93. The third-order valence-electron chi connectivity index (χ3n) is 1.53. The van der Waals surface area contributed by atoms with Crippen LogP contribution in [0.25, 0.3) is 0 Å². The predicted molar refractivity (Wildman–Crippen MR) is 49.0 cm³/mol. The summed E-state index contributed by atoms with van der Waals surface area (Å²) in [5.74, 6) is -0.254. The molecule has 1 aromatic rings. The number of hydrogen-bond acceptors (Lipinski definition) is 4. The number of methoxy groups -OCH3 is 1. The SMILES string of the molecule is COC(=O)NCC(=O)c1ccccn1. The number of alkyl carbamates (subject to hydrolysis) is 1. The molecule has 74 valence electrons. The van der Waals surface area contributed by atoms with Gasteiger partial charge < -0.3 is 10.1 Å². The third kappa shape index (κ3) is 2.85. The Bertz CT molecular complexity index is 324. The van der Waals surface area contributed by atoms with Gasteiger partial charge in [-0.05, 0) is 12.1 Å². The highest BCUT2D eigenvalue weighted by molar-refractivity contribution is 5.97. The molecule has 0 aliphatic rings. The standard InChI is InChI=1S/C9H10N2O3/c1-14-9(13)11-6-8(12)7-4-2-3-5-10-7/h2-5H,6H2,1H3,(H,11,13). The summed E-state index contributed by atoms with van der Waals surface area (Å²) in [6.45, 7) is -0.107. The van der Waals surface area contributed by atoms with Gasteiger partial charge in [0.25, 0.3) is 0 Å². The number of amides is 1. The van der Waals surface area contributed by atoms with Gasteiger partial charge in [-0.3, -0.25) is 9.78 Å². The molecule has 0 atom stereocenters. The number of nitrogens with zero attached hydrogens (tertiary/aromatic N) is 1. The summed E-state index contributed by atoms with van der Waals surface area (Å²) in [5, 5.41) is 2.28. The Morgan fingerprint density at radius 2 is 2.29 bits per heavy atom.